The van der Waals surface area contributed by atoms with Crippen molar-refractivity contribution in [2.45, 2.75) is 13.5 Å². The molecule has 0 aliphatic rings. The van der Waals surface area contributed by atoms with Crippen LogP contribution in [0.1, 0.15) is 41.5 Å². The Morgan fingerprint density at radius 1 is 1.00 bits per heavy atom. The van der Waals surface area contributed by atoms with Gasteiger partial charge in [-0.15, -0.1) is 11.3 Å². The zero-order chi connectivity index (χ0) is 23.5. The first-order valence-electron chi connectivity index (χ1n) is 9.67. The summed E-state index contributed by atoms with van der Waals surface area (Å²) in [5, 5.41) is 22.1. The van der Waals surface area contributed by atoms with Crippen LogP contribution < -0.4 is 5.32 Å². The number of carboxylic acid groups (broad SMARTS) is 2. The molecule has 0 spiro atoms. The number of nitrogens with one attached hydrogen (secondary N) is 1. The predicted molar refractivity (Wildman–Crippen MR) is 121 cm³/mol. The van der Waals surface area contributed by atoms with Crippen LogP contribution in [0.3, 0.4) is 0 Å². The van der Waals surface area contributed by atoms with Crippen LogP contribution in [0.4, 0.5) is 11.5 Å². The largest absolute Gasteiger partial charge is 0.478 e. The molecule has 10 heteroatoms. The molecule has 4 rings (SSSR count). The molecule has 2 aromatic carbocycles. The van der Waals surface area contributed by atoms with Gasteiger partial charge in [-0.25, -0.2) is 24.4 Å². The van der Waals surface area contributed by atoms with Crippen molar-refractivity contribution in [2.24, 2.45) is 0 Å². The Labute approximate surface area is 191 Å². The lowest BCUT2D eigenvalue weighted by atomic mass is 10.1. The second kappa shape index (κ2) is 9.05. The number of hydrogen-bond acceptors (Lipinski definition) is 8. The van der Waals surface area contributed by atoms with E-state index in [4.69, 9.17) is 4.74 Å². The zero-order valence-electron chi connectivity index (χ0n) is 17.2. The molecule has 0 atom stereocenters. The average Bonchev–Trinajstić information content (AvgIpc) is 3.15. The van der Waals surface area contributed by atoms with Crippen LogP contribution in [0.5, 0.6) is 0 Å². The van der Waals surface area contributed by atoms with Gasteiger partial charge < -0.3 is 20.3 Å². The van der Waals surface area contributed by atoms with Crippen LogP contribution in [0.25, 0.3) is 10.2 Å². The second-order valence-corrected chi connectivity index (χ2v) is 8.05. The molecule has 9 nitrogen and oxygen atoms in total. The van der Waals surface area contributed by atoms with Crippen LogP contribution in [0.2, 0.25) is 0 Å². The SMILES string of the molecule is Cc1c(C(=O)OCc2ccccc2)sc2ncnc(Nc3cc(C(=O)O)cc(C(=O)O)c3)c12. The fourth-order valence-corrected chi connectivity index (χ4v) is 4.28. The molecular weight excluding hydrogens is 446 g/mol. The van der Waals surface area contributed by atoms with Crippen molar-refractivity contribution in [1.29, 1.82) is 0 Å². The summed E-state index contributed by atoms with van der Waals surface area (Å²) in [6.45, 7) is 1.87. The fraction of sp³-hybridized carbons (Fsp3) is 0.0870. The number of nitrogens with zero attached hydrogens (tertiary/aromatic N) is 2. The highest BCUT2D eigenvalue weighted by Gasteiger charge is 2.21. The minimum atomic E-state index is -1.26. The topological polar surface area (TPSA) is 139 Å². The lowest BCUT2D eigenvalue weighted by molar-refractivity contribution is 0.0477. The monoisotopic (exact) mass is 463 g/mol. The number of carbonyl (C=O) groups is 3. The van der Waals surface area contributed by atoms with Gasteiger partial charge in [-0.05, 0) is 36.2 Å². The Balaban J connectivity index is 1.66. The summed E-state index contributed by atoms with van der Waals surface area (Å²) in [6, 6.07) is 13.0. The lowest BCUT2D eigenvalue weighted by Crippen LogP contribution is -2.05. The molecule has 33 heavy (non-hydrogen) atoms. The van der Waals surface area contributed by atoms with Gasteiger partial charge in [-0.1, -0.05) is 30.3 Å². The van der Waals surface area contributed by atoms with Crippen molar-refractivity contribution >= 4 is 51.0 Å². The Hall–Kier alpha value is -4.31. The number of ether oxygens (including phenoxy) is 1. The van der Waals surface area contributed by atoms with E-state index in [-0.39, 0.29) is 23.4 Å². The molecule has 0 saturated carbocycles. The van der Waals surface area contributed by atoms with E-state index in [9.17, 15) is 24.6 Å². The highest BCUT2D eigenvalue weighted by molar-refractivity contribution is 7.20. The summed E-state index contributed by atoms with van der Waals surface area (Å²) in [6.07, 6.45) is 1.30. The number of carboxylic acids is 2. The fourth-order valence-electron chi connectivity index (χ4n) is 3.23. The van der Waals surface area contributed by atoms with Gasteiger partial charge in [0.1, 0.15) is 28.5 Å². The van der Waals surface area contributed by atoms with E-state index in [0.717, 1.165) is 23.0 Å². The third-order valence-corrected chi connectivity index (χ3v) is 5.99. The molecule has 0 amide bonds. The summed E-state index contributed by atoms with van der Waals surface area (Å²) in [7, 11) is 0. The van der Waals surface area contributed by atoms with Gasteiger partial charge in [0, 0.05) is 5.69 Å². The Bertz CT molecular complexity index is 1350. The minimum absolute atomic E-state index is 0.129. The Kier molecular flexibility index (Phi) is 6.01. The number of carbonyl (C=O) groups excluding carboxylic acids is 1. The maximum atomic E-state index is 12.7. The molecule has 0 fully saturated rings. The van der Waals surface area contributed by atoms with E-state index in [2.05, 4.69) is 15.3 Å². The highest BCUT2D eigenvalue weighted by atomic mass is 32.1. The van der Waals surface area contributed by atoms with E-state index >= 15 is 0 Å². The molecule has 0 aliphatic heterocycles. The van der Waals surface area contributed by atoms with Gasteiger partial charge in [-0.3, -0.25) is 0 Å². The number of anilines is 2. The summed E-state index contributed by atoms with van der Waals surface area (Å²) >= 11 is 1.15. The van der Waals surface area contributed by atoms with Gasteiger partial charge in [0.05, 0.1) is 16.5 Å². The van der Waals surface area contributed by atoms with E-state index in [0.29, 0.717) is 26.5 Å². The minimum Gasteiger partial charge on any atom is -0.478 e. The van der Waals surface area contributed by atoms with Crippen LogP contribution in [0, 0.1) is 6.92 Å². The maximum absolute atomic E-state index is 12.7. The maximum Gasteiger partial charge on any atom is 0.349 e. The van der Waals surface area contributed by atoms with E-state index in [1.54, 1.807) is 6.92 Å². The molecule has 0 bridgehead atoms. The third kappa shape index (κ3) is 4.65. The Morgan fingerprint density at radius 2 is 1.67 bits per heavy atom. The molecule has 2 aromatic heterocycles. The number of esters is 1. The molecule has 166 valence electrons. The van der Waals surface area contributed by atoms with Gasteiger partial charge >= 0.3 is 17.9 Å². The lowest BCUT2D eigenvalue weighted by Gasteiger charge is -2.09. The first-order valence-corrected chi connectivity index (χ1v) is 10.5. The molecule has 4 aromatic rings. The third-order valence-electron chi connectivity index (χ3n) is 4.81. The van der Waals surface area contributed by atoms with E-state index in [1.807, 2.05) is 30.3 Å². The zero-order valence-corrected chi connectivity index (χ0v) is 18.0. The number of aryl methyl sites for hydroxylation is 1. The van der Waals surface area contributed by atoms with Gasteiger partial charge in [0.2, 0.25) is 0 Å². The number of aromatic nitrogens is 2. The molecular formula is C23H17N3O6S. The number of fused-ring (bicyclic) bond motifs is 1. The van der Waals surface area contributed by atoms with Gasteiger partial charge in [-0.2, -0.15) is 0 Å². The van der Waals surface area contributed by atoms with Gasteiger partial charge in [0.25, 0.3) is 0 Å². The first kappa shape index (κ1) is 21.9. The summed E-state index contributed by atoms with van der Waals surface area (Å²) in [4.78, 5) is 44.8. The average molecular weight is 463 g/mol. The standard InChI is InChI=1S/C23H17N3O6S/c1-12-17-19(26-16-8-14(21(27)28)7-15(9-16)22(29)30)24-11-25-20(17)33-18(12)23(31)32-10-13-5-3-2-4-6-13/h2-9,11H,10H2,1H3,(H,27,28)(H,29,30)(H,24,25,26). The van der Waals surface area contributed by atoms with Crippen molar-refractivity contribution in [3.8, 4) is 0 Å². The molecule has 0 unspecified atom stereocenters. The number of thiophene rings is 1. The summed E-state index contributed by atoms with van der Waals surface area (Å²) in [5.74, 6) is -2.70. The van der Waals surface area contributed by atoms with E-state index in [1.165, 1.54) is 18.5 Å². The van der Waals surface area contributed by atoms with Crippen LogP contribution in [-0.4, -0.2) is 38.1 Å². The van der Waals surface area contributed by atoms with Crippen molar-refractivity contribution < 1.29 is 29.3 Å². The van der Waals surface area contributed by atoms with E-state index < -0.39 is 17.9 Å². The number of aromatic carboxylic acids is 2. The van der Waals surface area contributed by atoms with Gasteiger partial charge in [0.15, 0.2) is 0 Å². The number of hydrogen-bond donors (Lipinski definition) is 3. The smallest absolute Gasteiger partial charge is 0.349 e. The van der Waals surface area contributed by atoms with Crippen LogP contribution in [-0.2, 0) is 11.3 Å². The number of benzene rings is 2. The molecule has 2 heterocycles. The quantitative estimate of drug-likeness (QED) is 0.338. The van der Waals surface area contributed by atoms with Crippen LogP contribution >= 0.6 is 11.3 Å². The summed E-state index contributed by atoms with van der Waals surface area (Å²) in [5.41, 5.74) is 1.32. The van der Waals surface area contributed by atoms with Crippen molar-refractivity contribution in [2.75, 3.05) is 5.32 Å². The predicted octanol–water partition coefficient (Wildman–Crippen LogP) is 4.50. The molecule has 0 saturated heterocycles. The normalized spacial score (nSPS) is 10.7. The number of rotatable bonds is 7. The molecule has 0 radical (unpaired) electrons. The Morgan fingerprint density at radius 3 is 2.30 bits per heavy atom. The van der Waals surface area contributed by atoms with Crippen LogP contribution in [0.15, 0.2) is 54.9 Å². The summed E-state index contributed by atoms with van der Waals surface area (Å²) < 4.78 is 5.44. The first-order chi connectivity index (χ1) is 15.8. The van der Waals surface area contributed by atoms with Crippen molar-refractivity contribution in [1.82, 2.24) is 9.97 Å². The van der Waals surface area contributed by atoms with Crippen molar-refractivity contribution in [3.05, 3.63) is 82.0 Å². The van der Waals surface area contributed by atoms with Crippen molar-refractivity contribution in [3.63, 3.8) is 0 Å². The molecule has 0 aliphatic carbocycles. The second-order valence-electron chi connectivity index (χ2n) is 7.05. The molecule has 3 N–H and O–H groups in total. The highest BCUT2D eigenvalue weighted by Crippen LogP contribution is 2.35.